The number of esters is 1. The molecule has 2 fully saturated rings. The van der Waals surface area contributed by atoms with Gasteiger partial charge in [0, 0.05) is 6.42 Å². The van der Waals surface area contributed by atoms with Crippen LogP contribution in [0.5, 0.6) is 0 Å². The van der Waals surface area contributed by atoms with Gasteiger partial charge in [0.05, 0.1) is 11.8 Å². The zero-order chi connectivity index (χ0) is 7.14. The van der Waals surface area contributed by atoms with E-state index in [9.17, 15) is 9.59 Å². The molecular weight excluding hydrogens is 132 g/mol. The third-order valence-electron chi connectivity index (χ3n) is 2.31. The van der Waals surface area contributed by atoms with Gasteiger partial charge in [-0.15, -0.1) is 0 Å². The van der Waals surface area contributed by atoms with E-state index >= 15 is 0 Å². The van der Waals surface area contributed by atoms with Gasteiger partial charge in [-0.3, -0.25) is 9.59 Å². The third-order valence-corrected chi connectivity index (χ3v) is 2.31. The third kappa shape index (κ3) is 0.602. The summed E-state index contributed by atoms with van der Waals surface area (Å²) < 4.78 is 4.73. The fraction of sp³-hybridized carbons (Fsp3) is 0.714. The van der Waals surface area contributed by atoms with Gasteiger partial charge >= 0.3 is 5.97 Å². The molecule has 2 rings (SSSR count). The Balaban J connectivity index is 2.24. The molecule has 0 unspecified atom stereocenters. The zero-order valence-corrected chi connectivity index (χ0v) is 5.50. The van der Waals surface area contributed by atoms with E-state index in [2.05, 4.69) is 0 Å². The molecule has 3 nitrogen and oxygen atoms in total. The first-order valence-electron chi connectivity index (χ1n) is 3.48. The monoisotopic (exact) mass is 140 g/mol. The van der Waals surface area contributed by atoms with Crippen molar-refractivity contribution in [1.82, 2.24) is 0 Å². The Labute approximate surface area is 58.4 Å². The molecular formula is C7H8O3. The molecule has 0 amide bonds. The van der Waals surface area contributed by atoms with Crippen LogP contribution >= 0.6 is 0 Å². The largest absolute Gasteiger partial charge is 0.465 e. The van der Waals surface area contributed by atoms with Crippen LogP contribution in [0.4, 0.5) is 0 Å². The van der Waals surface area contributed by atoms with E-state index in [4.69, 9.17) is 4.74 Å². The van der Waals surface area contributed by atoms with E-state index < -0.39 is 0 Å². The highest BCUT2D eigenvalue weighted by Gasteiger charge is 2.45. The molecule has 0 N–H and O–H groups in total. The van der Waals surface area contributed by atoms with Crippen LogP contribution in [-0.4, -0.2) is 18.4 Å². The molecule has 2 aliphatic rings. The molecule has 0 aromatic rings. The molecule has 2 atom stereocenters. The Kier molecular flexibility index (Phi) is 1.07. The Hall–Kier alpha value is -0.860. The maximum Gasteiger partial charge on any atom is 0.309 e. The average Bonchev–Trinajstić information content (AvgIpc) is 2.41. The van der Waals surface area contributed by atoms with Gasteiger partial charge in [-0.2, -0.15) is 0 Å². The summed E-state index contributed by atoms with van der Waals surface area (Å²) in [7, 11) is 0. The van der Waals surface area contributed by atoms with E-state index in [-0.39, 0.29) is 23.6 Å². The van der Waals surface area contributed by atoms with Crippen molar-refractivity contribution in [3.05, 3.63) is 0 Å². The molecule has 0 aromatic heterocycles. The first-order valence-corrected chi connectivity index (χ1v) is 3.48. The fourth-order valence-electron chi connectivity index (χ4n) is 1.68. The van der Waals surface area contributed by atoms with E-state index in [0.717, 1.165) is 0 Å². The molecule has 10 heavy (non-hydrogen) atoms. The summed E-state index contributed by atoms with van der Waals surface area (Å²) in [5, 5.41) is 0. The second kappa shape index (κ2) is 1.81. The maximum atomic E-state index is 11.0. The lowest BCUT2D eigenvalue weighted by Gasteiger charge is -1.96. The van der Waals surface area contributed by atoms with Gasteiger partial charge in [0.15, 0.2) is 0 Å². The van der Waals surface area contributed by atoms with Crippen molar-refractivity contribution < 1.29 is 14.3 Å². The summed E-state index contributed by atoms with van der Waals surface area (Å²) in [6, 6.07) is 0. The lowest BCUT2D eigenvalue weighted by atomic mass is 10.00. The molecule has 0 radical (unpaired) electrons. The highest BCUT2D eigenvalue weighted by Crippen LogP contribution is 2.34. The van der Waals surface area contributed by atoms with E-state index in [1.807, 2.05) is 0 Å². The Bertz CT molecular complexity index is 175. The van der Waals surface area contributed by atoms with Gasteiger partial charge in [-0.05, 0) is 6.42 Å². The van der Waals surface area contributed by atoms with Crippen molar-refractivity contribution in [2.24, 2.45) is 11.8 Å². The SMILES string of the molecule is O=C1CC[C@@H]2C(=O)OC[C@H]12. The summed E-state index contributed by atoms with van der Waals surface area (Å²) in [6.45, 7) is 0.336. The second-order valence-electron chi connectivity index (χ2n) is 2.85. The van der Waals surface area contributed by atoms with Gasteiger partial charge in [-0.25, -0.2) is 0 Å². The van der Waals surface area contributed by atoms with Gasteiger partial charge in [-0.1, -0.05) is 0 Å². The molecule has 0 bridgehead atoms. The number of ether oxygens (including phenoxy) is 1. The highest BCUT2D eigenvalue weighted by molar-refractivity contribution is 5.92. The zero-order valence-electron chi connectivity index (χ0n) is 5.50. The van der Waals surface area contributed by atoms with E-state index in [0.29, 0.717) is 19.4 Å². The number of cyclic esters (lactones) is 1. The summed E-state index contributed by atoms with van der Waals surface area (Å²) in [6.07, 6.45) is 1.28. The number of carbonyl (C=O) groups is 2. The lowest BCUT2D eigenvalue weighted by molar-refractivity contribution is -0.141. The standard InChI is InChI=1S/C7H8O3/c8-6-2-1-4-5(6)3-10-7(4)9/h4-5H,1-3H2/t4-,5-/m0/s1. The van der Waals surface area contributed by atoms with Gasteiger partial charge in [0.25, 0.3) is 0 Å². The maximum absolute atomic E-state index is 11.0. The molecule has 54 valence electrons. The molecule has 1 saturated carbocycles. The number of hydrogen-bond acceptors (Lipinski definition) is 3. The first kappa shape index (κ1) is 5.89. The molecule has 0 spiro atoms. The topological polar surface area (TPSA) is 43.4 Å². The quantitative estimate of drug-likeness (QED) is 0.449. The van der Waals surface area contributed by atoms with Crippen LogP contribution in [0.1, 0.15) is 12.8 Å². The minimum Gasteiger partial charge on any atom is -0.465 e. The van der Waals surface area contributed by atoms with Crippen molar-refractivity contribution in [3.8, 4) is 0 Å². The van der Waals surface area contributed by atoms with Crippen molar-refractivity contribution in [1.29, 1.82) is 0 Å². The van der Waals surface area contributed by atoms with Crippen LogP contribution in [0, 0.1) is 11.8 Å². The lowest BCUT2D eigenvalue weighted by Crippen LogP contribution is -2.13. The number of fused-ring (bicyclic) bond motifs is 1. The van der Waals surface area contributed by atoms with Crippen molar-refractivity contribution in [2.45, 2.75) is 12.8 Å². The van der Waals surface area contributed by atoms with E-state index in [1.54, 1.807) is 0 Å². The number of carbonyl (C=O) groups excluding carboxylic acids is 2. The van der Waals surface area contributed by atoms with Crippen LogP contribution < -0.4 is 0 Å². The van der Waals surface area contributed by atoms with Crippen LogP contribution in [0.15, 0.2) is 0 Å². The summed E-state index contributed by atoms with van der Waals surface area (Å²) in [5.41, 5.74) is 0. The number of ketones is 1. The average molecular weight is 140 g/mol. The molecule has 1 aliphatic heterocycles. The van der Waals surface area contributed by atoms with Crippen molar-refractivity contribution >= 4 is 11.8 Å². The predicted molar refractivity (Wildman–Crippen MR) is 32.2 cm³/mol. The van der Waals surface area contributed by atoms with E-state index in [1.165, 1.54) is 0 Å². The highest BCUT2D eigenvalue weighted by atomic mass is 16.5. The van der Waals surface area contributed by atoms with Gasteiger partial charge in [0.2, 0.25) is 0 Å². The van der Waals surface area contributed by atoms with Crippen LogP contribution in [0.2, 0.25) is 0 Å². The Morgan fingerprint density at radius 1 is 1.30 bits per heavy atom. The van der Waals surface area contributed by atoms with Crippen LogP contribution in [0.25, 0.3) is 0 Å². The number of rotatable bonds is 0. The second-order valence-corrected chi connectivity index (χ2v) is 2.85. The minimum absolute atomic E-state index is 0.0903. The molecule has 0 aromatic carbocycles. The number of Topliss-reactive ketones (excluding diaryl/α,β-unsaturated/α-hetero) is 1. The van der Waals surface area contributed by atoms with Gasteiger partial charge < -0.3 is 4.74 Å². The molecule has 1 heterocycles. The summed E-state index contributed by atoms with van der Waals surface area (Å²) >= 11 is 0. The normalized spacial score (nSPS) is 38.0. The van der Waals surface area contributed by atoms with Crippen molar-refractivity contribution in [3.63, 3.8) is 0 Å². The Morgan fingerprint density at radius 2 is 2.10 bits per heavy atom. The van der Waals surface area contributed by atoms with Crippen molar-refractivity contribution in [2.75, 3.05) is 6.61 Å². The predicted octanol–water partition coefficient (Wildman–Crippen LogP) is 0.138. The van der Waals surface area contributed by atoms with Crippen LogP contribution in [0.3, 0.4) is 0 Å². The molecule has 1 saturated heterocycles. The summed E-state index contributed by atoms with van der Waals surface area (Å²) in [4.78, 5) is 21.8. The molecule has 1 aliphatic carbocycles. The summed E-state index contributed by atoms with van der Waals surface area (Å²) in [5.74, 6) is -0.147. The minimum atomic E-state index is -0.171. The first-order chi connectivity index (χ1) is 4.79. The fourth-order valence-corrected chi connectivity index (χ4v) is 1.68. The molecule has 3 heteroatoms. The van der Waals surface area contributed by atoms with Crippen LogP contribution in [-0.2, 0) is 14.3 Å². The Morgan fingerprint density at radius 3 is 2.80 bits per heavy atom. The van der Waals surface area contributed by atoms with Gasteiger partial charge in [0.1, 0.15) is 12.4 Å². The smallest absolute Gasteiger partial charge is 0.309 e. The number of hydrogen-bond donors (Lipinski definition) is 0.